The number of thiophene rings is 1. The second kappa shape index (κ2) is 3.49. The quantitative estimate of drug-likeness (QED) is 0.784. The number of nitrogens with one attached hydrogen (secondary N) is 1. The van der Waals surface area contributed by atoms with Gasteiger partial charge < -0.3 is 15.5 Å². The van der Waals surface area contributed by atoms with E-state index in [1.165, 1.54) is 11.3 Å². The molecule has 0 radical (unpaired) electrons. The van der Waals surface area contributed by atoms with Gasteiger partial charge >= 0.3 is 0 Å². The van der Waals surface area contributed by atoms with Crippen LogP contribution in [0.1, 0.15) is 12.0 Å². The average Bonchev–Trinajstić information content (AvgIpc) is 2.47. The maximum atomic E-state index is 11.8. The van der Waals surface area contributed by atoms with E-state index in [0.717, 1.165) is 33.3 Å². The van der Waals surface area contributed by atoms with Crippen molar-refractivity contribution in [3.05, 3.63) is 19.7 Å². The van der Waals surface area contributed by atoms with Gasteiger partial charge in [-0.15, -0.1) is 11.3 Å². The molecule has 4 nitrogen and oxygen atoms in total. The zero-order valence-corrected chi connectivity index (χ0v) is 10.7. The summed E-state index contributed by atoms with van der Waals surface area (Å²) in [7, 11) is 0. The highest BCUT2D eigenvalue weighted by molar-refractivity contribution is 9.11. The van der Waals surface area contributed by atoms with Crippen molar-refractivity contribution < 1.29 is 4.74 Å². The van der Waals surface area contributed by atoms with Crippen LogP contribution in [0.15, 0.2) is 8.58 Å². The van der Waals surface area contributed by atoms with Crippen LogP contribution in [-0.2, 0) is 6.42 Å². The molecular weight excluding hydrogens is 292 g/mol. The normalized spacial score (nSPS) is 14.8. The molecule has 0 amide bonds. The first kappa shape index (κ1) is 10.2. The Bertz CT molecular complexity index is 632. The molecule has 0 spiro atoms. The summed E-state index contributed by atoms with van der Waals surface area (Å²) in [5.74, 6) is 1.24. The van der Waals surface area contributed by atoms with E-state index in [1.54, 1.807) is 0 Å². The van der Waals surface area contributed by atoms with Crippen molar-refractivity contribution >= 4 is 43.2 Å². The van der Waals surface area contributed by atoms with Crippen LogP contribution >= 0.6 is 27.3 Å². The molecule has 6 heteroatoms. The highest BCUT2D eigenvalue weighted by atomic mass is 79.9. The lowest BCUT2D eigenvalue weighted by Crippen LogP contribution is -2.10. The minimum absolute atomic E-state index is 0.140. The maximum absolute atomic E-state index is 11.8. The summed E-state index contributed by atoms with van der Waals surface area (Å²) in [5, 5.41) is 0.885. The van der Waals surface area contributed by atoms with E-state index in [1.807, 2.05) is 0 Å². The minimum atomic E-state index is -0.140. The molecule has 3 N–H and O–H groups in total. The number of aryl methyl sites for hydroxylation is 1. The number of rotatable bonds is 0. The molecule has 3 rings (SSSR count). The second-order valence-corrected chi connectivity index (χ2v) is 6.05. The van der Waals surface area contributed by atoms with Crippen LogP contribution in [-0.4, -0.2) is 11.6 Å². The van der Waals surface area contributed by atoms with Crippen LogP contribution < -0.4 is 16.0 Å². The summed E-state index contributed by atoms with van der Waals surface area (Å²) < 4.78 is 7.21. The van der Waals surface area contributed by atoms with Gasteiger partial charge in [-0.2, -0.15) is 0 Å². The summed E-state index contributed by atoms with van der Waals surface area (Å²) >= 11 is 4.83. The number of aromatic amines is 1. The van der Waals surface area contributed by atoms with Gasteiger partial charge in [0.15, 0.2) is 5.75 Å². The van der Waals surface area contributed by atoms with Gasteiger partial charge in [-0.05, 0) is 28.8 Å². The maximum Gasteiger partial charge on any atom is 0.267 e. The Balaban J connectivity index is 2.53. The van der Waals surface area contributed by atoms with Crippen molar-refractivity contribution in [3.63, 3.8) is 0 Å². The zero-order valence-electron chi connectivity index (χ0n) is 8.30. The average molecular weight is 301 g/mol. The lowest BCUT2D eigenvalue weighted by atomic mass is 10.1. The number of hydrogen-bond acceptors (Lipinski definition) is 4. The number of hydrogen-bond donors (Lipinski definition) is 2. The second-order valence-electron chi connectivity index (χ2n) is 3.71. The molecule has 0 fully saturated rings. The van der Waals surface area contributed by atoms with Gasteiger partial charge in [0.05, 0.1) is 6.61 Å². The van der Waals surface area contributed by atoms with Crippen LogP contribution in [0, 0.1) is 0 Å². The Kier molecular flexibility index (Phi) is 2.22. The Labute approximate surface area is 104 Å². The van der Waals surface area contributed by atoms with Crippen molar-refractivity contribution in [2.75, 3.05) is 12.3 Å². The summed E-state index contributed by atoms with van der Waals surface area (Å²) in [6, 6.07) is 0. The van der Waals surface area contributed by atoms with Crippen LogP contribution in [0.4, 0.5) is 5.82 Å². The topological polar surface area (TPSA) is 68.1 Å². The number of ether oxygens (including phenoxy) is 1. The number of aromatic nitrogens is 1. The third-order valence-electron chi connectivity index (χ3n) is 2.72. The molecule has 16 heavy (non-hydrogen) atoms. The van der Waals surface area contributed by atoms with Gasteiger partial charge in [0.2, 0.25) is 0 Å². The van der Waals surface area contributed by atoms with Gasteiger partial charge in [-0.3, -0.25) is 4.79 Å². The molecule has 2 aromatic heterocycles. The molecule has 0 saturated carbocycles. The van der Waals surface area contributed by atoms with E-state index in [0.29, 0.717) is 17.1 Å². The van der Waals surface area contributed by atoms with Crippen LogP contribution in [0.25, 0.3) is 10.1 Å². The Morgan fingerprint density at radius 1 is 1.50 bits per heavy atom. The highest BCUT2D eigenvalue weighted by Gasteiger charge is 2.22. The van der Waals surface area contributed by atoms with E-state index in [9.17, 15) is 4.79 Å². The molecule has 0 saturated heterocycles. The Morgan fingerprint density at radius 3 is 3.12 bits per heavy atom. The van der Waals surface area contributed by atoms with Gasteiger partial charge in [0.25, 0.3) is 5.56 Å². The van der Waals surface area contributed by atoms with Crippen LogP contribution in [0.2, 0.25) is 0 Å². The number of anilines is 1. The number of nitrogen functional groups attached to an aromatic ring is 1. The largest absolute Gasteiger partial charge is 0.491 e. The lowest BCUT2D eigenvalue weighted by molar-refractivity contribution is 0.319. The number of halogens is 1. The van der Waals surface area contributed by atoms with Crippen molar-refractivity contribution in [2.45, 2.75) is 12.8 Å². The highest BCUT2D eigenvalue weighted by Crippen LogP contribution is 2.44. The predicted octanol–water partition coefficient (Wildman–Crippen LogP) is 2.26. The molecule has 0 bridgehead atoms. The smallest absolute Gasteiger partial charge is 0.267 e. The molecule has 0 unspecified atom stereocenters. The predicted molar refractivity (Wildman–Crippen MR) is 68.4 cm³/mol. The fourth-order valence-corrected chi connectivity index (χ4v) is 3.72. The number of H-pyrrole nitrogens is 1. The molecule has 0 atom stereocenters. The minimum Gasteiger partial charge on any atom is -0.491 e. The molecule has 84 valence electrons. The van der Waals surface area contributed by atoms with Gasteiger partial charge in [-0.1, -0.05) is 0 Å². The number of nitrogens with two attached hydrogens (primary N) is 1. The monoisotopic (exact) mass is 300 g/mol. The van der Waals surface area contributed by atoms with Crippen LogP contribution in [0.5, 0.6) is 5.75 Å². The number of pyridine rings is 1. The summed E-state index contributed by atoms with van der Waals surface area (Å²) in [5.41, 5.74) is 6.72. The molecule has 0 aliphatic carbocycles. The van der Waals surface area contributed by atoms with E-state index < -0.39 is 0 Å². The van der Waals surface area contributed by atoms with Gasteiger partial charge in [-0.25, -0.2) is 0 Å². The molecule has 1 aliphatic rings. The van der Waals surface area contributed by atoms with Crippen molar-refractivity contribution in [3.8, 4) is 5.75 Å². The van der Waals surface area contributed by atoms with Gasteiger partial charge in [0, 0.05) is 10.9 Å². The first-order chi connectivity index (χ1) is 7.68. The van der Waals surface area contributed by atoms with E-state index in [2.05, 4.69) is 20.9 Å². The van der Waals surface area contributed by atoms with Crippen molar-refractivity contribution in [2.24, 2.45) is 0 Å². The van der Waals surface area contributed by atoms with Crippen molar-refractivity contribution in [1.82, 2.24) is 4.98 Å². The van der Waals surface area contributed by atoms with E-state index in [-0.39, 0.29) is 5.56 Å². The summed E-state index contributed by atoms with van der Waals surface area (Å²) in [4.78, 5) is 14.5. The first-order valence-electron chi connectivity index (χ1n) is 4.94. The standard InChI is InChI=1S/C10H9BrN2O2S/c11-8-6-5-4(2-1-3-15-6)9(12)13-10(14)7(5)16-8/h1-3H2,(H3,12,13,14). The summed E-state index contributed by atoms with van der Waals surface area (Å²) in [6.07, 6.45) is 1.76. The first-order valence-corrected chi connectivity index (χ1v) is 6.55. The molecule has 1 aliphatic heterocycles. The van der Waals surface area contributed by atoms with E-state index >= 15 is 0 Å². The lowest BCUT2D eigenvalue weighted by Gasteiger charge is -2.03. The Morgan fingerprint density at radius 2 is 2.31 bits per heavy atom. The molecule has 3 heterocycles. The van der Waals surface area contributed by atoms with E-state index in [4.69, 9.17) is 10.5 Å². The zero-order chi connectivity index (χ0) is 11.3. The summed E-state index contributed by atoms with van der Waals surface area (Å²) in [6.45, 7) is 0.659. The van der Waals surface area contributed by atoms with Crippen molar-refractivity contribution in [1.29, 1.82) is 0 Å². The fraction of sp³-hybridized carbons (Fsp3) is 0.300. The third-order valence-corrected chi connectivity index (χ3v) is 4.53. The fourth-order valence-electron chi connectivity index (χ4n) is 2.02. The molecule has 2 aromatic rings. The van der Waals surface area contributed by atoms with Crippen LogP contribution in [0.3, 0.4) is 0 Å². The Hall–Kier alpha value is -1.01. The third kappa shape index (κ3) is 1.29. The molecular formula is C10H9BrN2O2S. The molecule has 0 aromatic carbocycles. The SMILES string of the molecule is Nc1[nH]c(=O)c2sc(Br)c3c2c1CCCO3. The van der Waals surface area contributed by atoms with Gasteiger partial charge in [0.1, 0.15) is 14.3 Å².